The summed E-state index contributed by atoms with van der Waals surface area (Å²) in [5.41, 5.74) is 4.14. The third kappa shape index (κ3) is 4.98. The minimum absolute atomic E-state index is 0.00832. The van der Waals surface area contributed by atoms with Gasteiger partial charge in [-0.3, -0.25) is 9.59 Å². The molecule has 4 saturated carbocycles. The quantitative estimate of drug-likeness (QED) is 0.548. The van der Waals surface area contributed by atoms with E-state index in [0.29, 0.717) is 29.3 Å². The Labute approximate surface area is 172 Å². The van der Waals surface area contributed by atoms with Crippen LogP contribution in [0, 0.1) is 30.6 Å². The maximum atomic E-state index is 12.5. The van der Waals surface area contributed by atoms with E-state index in [2.05, 4.69) is 15.8 Å². The zero-order chi connectivity index (χ0) is 20.4. The van der Waals surface area contributed by atoms with Crippen molar-refractivity contribution in [2.75, 3.05) is 6.61 Å². The predicted molar refractivity (Wildman–Crippen MR) is 112 cm³/mol. The first kappa shape index (κ1) is 19.9. The first-order valence-corrected chi connectivity index (χ1v) is 10.8. The van der Waals surface area contributed by atoms with Crippen LogP contribution in [0.5, 0.6) is 5.75 Å². The summed E-state index contributed by atoms with van der Waals surface area (Å²) < 4.78 is 5.46. The Balaban J connectivity index is 1.20. The molecule has 0 aromatic heterocycles. The Hall–Kier alpha value is -2.37. The molecule has 0 unspecified atom stereocenters. The second-order valence-corrected chi connectivity index (χ2v) is 9.19. The van der Waals surface area contributed by atoms with Crippen molar-refractivity contribution < 1.29 is 14.3 Å². The minimum atomic E-state index is -0.340. The van der Waals surface area contributed by atoms with E-state index in [-0.39, 0.29) is 24.8 Å². The van der Waals surface area contributed by atoms with Crippen LogP contribution >= 0.6 is 0 Å². The Morgan fingerprint density at radius 3 is 2.41 bits per heavy atom. The Kier molecular flexibility index (Phi) is 5.88. The van der Waals surface area contributed by atoms with Gasteiger partial charge < -0.3 is 10.1 Å². The van der Waals surface area contributed by atoms with Crippen LogP contribution in [0.25, 0.3) is 0 Å². The number of hydrazone groups is 1. The molecule has 0 aliphatic heterocycles. The maximum Gasteiger partial charge on any atom is 0.277 e. The number of hydrogen-bond donors (Lipinski definition) is 2. The molecule has 0 saturated heterocycles. The van der Waals surface area contributed by atoms with Gasteiger partial charge in [0.05, 0.1) is 6.42 Å². The molecule has 2 amide bonds. The first-order chi connectivity index (χ1) is 14.0. The lowest BCUT2D eigenvalue weighted by atomic mass is 9.54. The number of carbonyl (C=O) groups is 2. The molecule has 2 N–H and O–H groups in total. The fourth-order valence-corrected chi connectivity index (χ4v) is 5.71. The van der Waals surface area contributed by atoms with E-state index in [1.54, 1.807) is 6.92 Å². The van der Waals surface area contributed by atoms with Crippen molar-refractivity contribution in [3.05, 3.63) is 29.8 Å². The van der Waals surface area contributed by atoms with Crippen LogP contribution in [-0.4, -0.2) is 30.2 Å². The molecule has 5 rings (SSSR count). The number of aryl methyl sites for hydroxylation is 1. The Bertz CT molecular complexity index is 776. The first-order valence-electron chi connectivity index (χ1n) is 10.8. The largest absolute Gasteiger partial charge is 0.484 e. The molecule has 29 heavy (non-hydrogen) atoms. The van der Waals surface area contributed by atoms with Gasteiger partial charge in [0.1, 0.15) is 5.75 Å². The van der Waals surface area contributed by atoms with Gasteiger partial charge in [-0.25, -0.2) is 5.43 Å². The molecular weight excluding hydrogens is 366 g/mol. The molecule has 4 bridgehead atoms. The fraction of sp³-hybridized carbons (Fsp3) is 0.609. The number of rotatable bonds is 7. The molecule has 4 aliphatic carbocycles. The van der Waals surface area contributed by atoms with Crippen molar-refractivity contribution in [2.45, 2.75) is 58.4 Å². The van der Waals surface area contributed by atoms with E-state index >= 15 is 0 Å². The molecule has 0 spiro atoms. The summed E-state index contributed by atoms with van der Waals surface area (Å²) in [7, 11) is 0. The zero-order valence-corrected chi connectivity index (χ0v) is 17.3. The topological polar surface area (TPSA) is 79.8 Å². The van der Waals surface area contributed by atoms with Crippen molar-refractivity contribution in [3.8, 4) is 5.75 Å². The second-order valence-electron chi connectivity index (χ2n) is 9.19. The van der Waals surface area contributed by atoms with Gasteiger partial charge in [0.15, 0.2) is 6.61 Å². The van der Waals surface area contributed by atoms with Crippen LogP contribution in [0.4, 0.5) is 0 Å². The van der Waals surface area contributed by atoms with Crippen molar-refractivity contribution in [1.29, 1.82) is 0 Å². The lowest BCUT2D eigenvalue weighted by molar-refractivity contribution is -0.124. The van der Waals surface area contributed by atoms with Gasteiger partial charge in [0.25, 0.3) is 5.91 Å². The molecule has 6 heteroatoms. The SMILES string of the molecule is CC(CC(=O)NC1C2CC3CC(C2)CC1C3)=NNC(=O)COc1cccc(C)c1. The lowest BCUT2D eigenvalue weighted by Crippen LogP contribution is -2.56. The van der Waals surface area contributed by atoms with Crippen LogP contribution in [0.1, 0.15) is 51.0 Å². The number of carbonyl (C=O) groups excluding carboxylic acids is 2. The second kappa shape index (κ2) is 8.56. The van der Waals surface area contributed by atoms with Crippen LogP contribution in [0.2, 0.25) is 0 Å². The van der Waals surface area contributed by atoms with Crippen molar-refractivity contribution in [1.82, 2.24) is 10.7 Å². The van der Waals surface area contributed by atoms with Crippen LogP contribution in [0.15, 0.2) is 29.4 Å². The molecule has 156 valence electrons. The molecule has 0 atom stereocenters. The van der Waals surface area contributed by atoms with Gasteiger partial charge in [-0.1, -0.05) is 12.1 Å². The van der Waals surface area contributed by atoms with Gasteiger partial charge in [0, 0.05) is 11.8 Å². The highest BCUT2D eigenvalue weighted by Gasteiger charge is 2.48. The highest BCUT2D eigenvalue weighted by atomic mass is 16.5. The van der Waals surface area contributed by atoms with Gasteiger partial charge in [-0.15, -0.1) is 0 Å². The van der Waals surface area contributed by atoms with E-state index < -0.39 is 0 Å². The smallest absolute Gasteiger partial charge is 0.277 e. The number of nitrogens with zero attached hydrogens (tertiary/aromatic N) is 1. The highest BCUT2D eigenvalue weighted by molar-refractivity contribution is 6.00. The number of amides is 2. The predicted octanol–water partition coefficient (Wildman–Crippen LogP) is 3.20. The van der Waals surface area contributed by atoms with E-state index in [9.17, 15) is 9.59 Å². The molecular formula is C23H31N3O3. The van der Waals surface area contributed by atoms with Crippen molar-refractivity contribution in [3.63, 3.8) is 0 Å². The summed E-state index contributed by atoms with van der Waals surface area (Å²) in [6.45, 7) is 3.62. The molecule has 0 heterocycles. The van der Waals surface area contributed by atoms with E-state index in [1.807, 2.05) is 31.2 Å². The normalized spacial score (nSPS) is 30.1. The summed E-state index contributed by atoms with van der Waals surface area (Å²) in [6.07, 6.45) is 6.74. The standard InChI is InChI=1S/C23H31N3O3/c1-14-4-3-5-20(6-14)29-13-22(28)26-25-15(2)7-21(27)24-23-18-9-16-8-17(11-18)12-19(23)10-16/h3-6,16-19,23H,7-13H2,1-2H3,(H,24,27)(H,26,28). The zero-order valence-electron chi connectivity index (χ0n) is 17.3. The van der Waals surface area contributed by atoms with Crippen LogP contribution < -0.4 is 15.5 Å². The summed E-state index contributed by atoms with van der Waals surface area (Å²) in [4.78, 5) is 24.4. The molecule has 1 aromatic rings. The average molecular weight is 398 g/mol. The summed E-state index contributed by atoms with van der Waals surface area (Å²) in [5, 5.41) is 7.33. The van der Waals surface area contributed by atoms with Crippen LogP contribution in [0.3, 0.4) is 0 Å². The fourth-order valence-electron chi connectivity index (χ4n) is 5.71. The molecule has 6 nitrogen and oxygen atoms in total. The maximum absolute atomic E-state index is 12.5. The number of hydrogen-bond acceptors (Lipinski definition) is 4. The van der Waals surface area contributed by atoms with E-state index in [1.165, 1.54) is 32.1 Å². The van der Waals surface area contributed by atoms with Crippen molar-refractivity contribution >= 4 is 17.5 Å². The van der Waals surface area contributed by atoms with Gasteiger partial charge >= 0.3 is 0 Å². The van der Waals surface area contributed by atoms with Gasteiger partial charge in [-0.05, 0) is 87.3 Å². The van der Waals surface area contributed by atoms with Crippen LogP contribution in [-0.2, 0) is 9.59 Å². The summed E-state index contributed by atoms with van der Waals surface area (Å²) >= 11 is 0. The van der Waals surface area contributed by atoms with E-state index in [4.69, 9.17) is 4.74 Å². The number of benzene rings is 1. The molecule has 4 fully saturated rings. The molecule has 1 aromatic carbocycles. The summed E-state index contributed by atoms with van der Waals surface area (Å²) in [6, 6.07) is 7.86. The molecule has 0 radical (unpaired) electrons. The lowest BCUT2D eigenvalue weighted by Gasteiger charge is -2.54. The molecule has 4 aliphatic rings. The minimum Gasteiger partial charge on any atom is -0.484 e. The van der Waals surface area contributed by atoms with Crippen molar-refractivity contribution in [2.24, 2.45) is 28.8 Å². The monoisotopic (exact) mass is 397 g/mol. The highest BCUT2D eigenvalue weighted by Crippen LogP contribution is 2.53. The van der Waals surface area contributed by atoms with E-state index in [0.717, 1.165) is 17.4 Å². The Morgan fingerprint density at radius 1 is 1.07 bits per heavy atom. The van der Waals surface area contributed by atoms with Gasteiger partial charge in [0.2, 0.25) is 5.91 Å². The average Bonchev–Trinajstić information content (AvgIpc) is 2.67. The Morgan fingerprint density at radius 2 is 1.76 bits per heavy atom. The number of nitrogens with one attached hydrogen (secondary N) is 2. The third-order valence-corrected chi connectivity index (χ3v) is 6.70. The number of ether oxygens (including phenoxy) is 1. The third-order valence-electron chi connectivity index (χ3n) is 6.70. The summed E-state index contributed by atoms with van der Waals surface area (Å²) in [5.74, 6) is 3.42. The van der Waals surface area contributed by atoms with Gasteiger partial charge in [-0.2, -0.15) is 5.10 Å².